The van der Waals surface area contributed by atoms with Gasteiger partial charge in [0.1, 0.15) is 0 Å². The first-order chi connectivity index (χ1) is 8.97. The van der Waals surface area contributed by atoms with Gasteiger partial charge in [0, 0.05) is 6.04 Å². The van der Waals surface area contributed by atoms with Gasteiger partial charge in [0.05, 0.1) is 23.3 Å². The predicted octanol–water partition coefficient (Wildman–Crippen LogP) is 2.64. The third kappa shape index (κ3) is 2.11. The Balaban J connectivity index is 2.61. The number of carbonyl (C=O) groups is 1. The van der Waals surface area contributed by atoms with E-state index in [1.807, 2.05) is 6.92 Å². The molecule has 1 heterocycles. The summed E-state index contributed by atoms with van der Waals surface area (Å²) >= 11 is 0. The van der Waals surface area contributed by atoms with Crippen molar-refractivity contribution in [1.29, 1.82) is 0 Å². The number of halogens is 1. The zero-order valence-electron chi connectivity index (χ0n) is 10.6. The van der Waals surface area contributed by atoms with Gasteiger partial charge < -0.3 is 4.74 Å². The number of rotatable bonds is 1. The molecule has 0 bridgehead atoms. The van der Waals surface area contributed by atoms with E-state index in [1.54, 1.807) is 0 Å². The summed E-state index contributed by atoms with van der Waals surface area (Å²) in [6.07, 6.45) is 0.277. The maximum Gasteiger partial charge on any atom is 0.414 e. The molecule has 1 aromatic rings. The Hall–Kier alpha value is -2.18. The van der Waals surface area contributed by atoms with Crippen molar-refractivity contribution in [2.45, 2.75) is 25.8 Å². The van der Waals surface area contributed by atoms with Crippen LogP contribution >= 0.6 is 0 Å². The summed E-state index contributed by atoms with van der Waals surface area (Å²) in [6.45, 7) is 1.81. The van der Waals surface area contributed by atoms with Crippen LogP contribution in [0.4, 0.5) is 20.6 Å². The van der Waals surface area contributed by atoms with Gasteiger partial charge in [-0.1, -0.05) is 0 Å². The largest absolute Gasteiger partial charge is 0.452 e. The van der Waals surface area contributed by atoms with Crippen molar-refractivity contribution < 1.29 is 18.8 Å². The molecule has 7 heteroatoms. The minimum Gasteiger partial charge on any atom is -0.452 e. The van der Waals surface area contributed by atoms with Crippen molar-refractivity contribution in [3.8, 4) is 0 Å². The summed E-state index contributed by atoms with van der Waals surface area (Å²) in [4.78, 5) is 23.3. The quantitative estimate of drug-likeness (QED) is 0.579. The smallest absolute Gasteiger partial charge is 0.414 e. The van der Waals surface area contributed by atoms with Crippen molar-refractivity contribution >= 4 is 17.5 Å². The Labute approximate surface area is 108 Å². The number of amides is 1. The molecule has 0 saturated carbocycles. The van der Waals surface area contributed by atoms with Gasteiger partial charge in [-0.15, -0.1) is 0 Å². The minimum absolute atomic E-state index is 0.148. The number of fused-ring (bicyclic) bond motifs is 1. The molecule has 0 spiro atoms. The van der Waals surface area contributed by atoms with Gasteiger partial charge >= 0.3 is 11.8 Å². The number of nitro groups is 1. The SMILES string of the molecule is COC(=O)N1c2ccc(F)c([N+](=O)[O-])c2CC[C@H]1C. The highest BCUT2D eigenvalue weighted by atomic mass is 19.1. The third-order valence-electron chi connectivity index (χ3n) is 3.28. The van der Waals surface area contributed by atoms with Gasteiger partial charge in [-0.2, -0.15) is 4.39 Å². The fourth-order valence-corrected chi connectivity index (χ4v) is 2.36. The van der Waals surface area contributed by atoms with Crippen LogP contribution in [-0.4, -0.2) is 24.2 Å². The summed E-state index contributed by atoms with van der Waals surface area (Å²) in [5, 5.41) is 11.0. The maximum atomic E-state index is 13.6. The van der Waals surface area contributed by atoms with Crippen molar-refractivity contribution in [3.63, 3.8) is 0 Å². The van der Waals surface area contributed by atoms with Crippen molar-refractivity contribution in [1.82, 2.24) is 0 Å². The number of nitro benzene ring substituents is 1. The van der Waals surface area contributed by atoms with Crippen LogP contribution in [0, 0.1) is 15.9 Å². The monoisotopic (exact) mass is 268 g/mol. The highest BCUT2D eigenvalue weighted by Gasteiger charge is 2.34. The first-order valence-electron chi connectivity index (χ1n) is 5.80. The van der Waals surface area contributed by atoms with E-state index >= 15 is 0 Å². The van der Waals surface area contributed by atoms with Crippen LogP contribution in [0.3, 0.4) is 0 Å². The number of methoxy groups -OCH3 is 1. The van der Waals surface area contributed by atoms with Crippen molar-refractivity contribution in [2.24, 2.45) is 0 Å². The van der Waals surface area contributed by atoms with Gasteiger partial charge in [0.25, 0.3) is 0 Å². The molecule has 1 aliphatic heterocycles. The number of nitrogens with zero attached hydrogens (tertiary/aromatic N) is 2. The van der Waals surface area contributed by atoms with Crippen molar-refractivity contribution in [2.75, 3.05) is 12.0 Å². The molecule has 0 aliphatic carbocycles. The van der Waals surface area contributed by atoms with E-state index in [9.17, 15) is 19.3 Å². The Morgan fingerprint density at radius 1 is 1.58 bits per heavy atom. The molecular weight excluding hydrogens is 255 g/mol. The second-order valence-electron chi connectivity index (χ2n) is 4.38. The molecule has 0 saturated heterocycles. The van der Waals surface area contributed by atoms with Crippen LogP contribution in [-0.2, 0) is 11.2 Å². The molecule has 0 aromatic heterocycles. The lowest BCUT2D eigenvalue weighted by atomic mass is 9.95. The average molecular weight is 268 g/mol. The number of anilines is 1. The van der Waals surface area contributed by atoms with Crippen LogP contribution in [0.5, 0.6) is 0 Å². The van der Waals surface area contributed by atoms with E-state index in [-0.39, 0.29) is 11.6 Å². The van der Waals surface area contributed by atoms with E-state index in [2.05, 4.69) is 4.74 Å². The lowest BCUT2D eigenvalue weighted by molar-refractivity contribution is -0.388. The van der Waals surface area contributed by atoms with E-state index in [1.165, 1.54) is 18.1 Å². The molecule has 2 rings (SSSR count). The fourth-order valence-electron chi connectivity index (χ4n) is 2.36. The van der Waals surface area contributed by atoms with Gasteiger partial charge in [-0.3, -0.25) is 15.0 Å². The Morgan fingerprint density at radius 2 is 2.26 bits per heavy atom. The molecule has 0 N–H and O–H groups in total. The highest BCUT2D eigenvalue weighted by molar-refractivity contribution is 5.90. The molecule has 6 nitrogen and oxygen atoms in total. The number of benzene rings is 1. The molecule has 1 amide bonds. The number of ether oxygens (including phenoxy) is 1. The molecule has 19 heavy (non-hydrogen) atoms. The van der Waals surface area contributed by atoms with E-state index in [0.717, 1.165) is 6.07 Å². The molecule has 1 atom stereocenters. The lowest BCUT2D eigenvalue weighted by Crippen LogP contribution is -2.42. The first kappa shape index (κ1) is 13.3. The first-order valence-corrected chi connectivity index (χ1v) is 5.80. The zero-order valence-corrected chi connectivity index (χ0v) is 10.6. The summed E-state index contributed by atoms with van der Waals surface area (Å²) in [7, 11) is 1.24. The second kappa shape index (κ2) is 4.83. The lowest BCUT2D eigenvalue weighted by Gasteiger charge is -2.33. The number of carbonyl (C=O) groups excluding carboxylic acids is 1. The standard InChI is InChI=1S/C12H13FN2O4/c1-7-3-4-8-10(14(7)12(16)19-2)6-5-9(13)11(8)15(17)18/h5-7H,3-4H2,1-2H3/t7-/m1/s1. The van der Waals surface area contributed by atoms with Crippen LogP contribution in [0.15, 0.2) is 12.1 Å². The number of hydrogen-bond acceptors (Lipinski definition) is 4. The Kier molecular flexibility index (Phi) is 3.37. The third-order valence-corrected chi connectivity index (χ3v) is 3.28. The van der Waals surface area contributed by atoms with E-state index in [0.29, 0.717) is 18.5 Å². The van der Waals surface area contributed by atoms with E-state index < -0.39 is 22.5 Å². The normalized spacial score (nSPS) is 17.8. The molecule has 0 unspecified atom stereocenters. The van der Waals surface area contributed by atoms with Gasteiger partial charge in [-0.25, -0.2) is 4.79 Å². The topological polar surface area (TPSA) is 72.7 Å². The maximum absolute atomic E-state index is 13.6. The van der Waals surface area contributed by atoms with Crippen molar-refractivity contribution in [3.05, 3.63) is 33.6 Å². The number of hydrogen-bond donors (Lipinski definition) is 0. The summed E-state index contributed by atoms with van der Waals surface area (Å²) in [5.74, 6) is -0.886. The van der Waals surface area contributed by atoms with Crippen LogP contribution in [0.25, 0.3) is 0 Å². The molecule has 1 aliphatic rings. The average Bonchev–Trinajstić information content (AvgIpc) is 2.37. The summed E-state index contributed by atoms with van der Waals surface area (Å²) in [6, 6.07) is 2.24. The van der Waals surface area contributed by atoms with Gasteiger partial charge in [-0.05, 0) is 31.9 Å². The van der Waals surface area contributed by atoms with Gasteiger partial charge in [0.15, 0.2) is 0 Å². The summed E-state index contributed by atoms with van der Waals surface area (Å²) < 4.78 is 18.2. The van der Waals surface area contributed by atoms with Gasteiger partial charge in [0.2, 0.25) is 5.82 Å². The predicted molar refractivity (Wildman–Crippen MR) is 65.7 cm³/mol. The molecule has 1 aromatic carbocycles. The molecule has 102 valence electrons. The fraction of sp³-hybridized carbons (Fsp3) is 0.417. The molecular formula is C12H13FN2O4. The van der Waals surface area contributed by atoms with Crippen LogP contribution in [0.1, 0.15) is 18.9 Å². The zero-order chi connectivity index (χ0) is 14.2. The second-order valence-corrected chi connectivity index (χ2v) is 4.38. The van der Waals surface area contributed by atoms with Crippen LogP contribution in [0.2, 0.25) is 0 Å². The van der Waals surface area contributed by atoms with E-state index in [4.69, 9.17) is 0 Å². The molecule has 0 fully saturated rings. The minimum atomic E-state index is -0.886. The summed E-state index contributed by atoms with van der Waals surface area (Å²) in [5.41, 5.74) is 0.0329. The Morgan fingerprint density at radius 3 is 2.84 bits per heavy atom. The highest BCUT2D eigenvalue weighted by Crippen LogP contribution is 2.38. The molecule has 0 radical (unpaired) electrons. The Bertz CT molecular complexity index is 547. The van der Waals surface area contributed by atoms with Crippen LogP contribution < -0.4 is 4.90 Å².